The number of hydrogen-bond acceptors (Lipinski definition) is 3. The molecule has 0 saturated carbocycles. The molecule has 0 radical (unpaired) electrons. The van der Waals surface area contributed by atoms with Gasteiger partial charge in [0.05, 0.1) is 12.2 Å². The van der Waals surface area contributed by atoms with Crippen molar-refractivity contribution in [3.05, 3.63) is 35.9 Å². The van der Waals surface area contributed by atoms with Crippen LogP contribution >= 0.6 is 0 Å². The van der Waals surface area contributed by atoms with Crippen LogP contribution in [0.1, 0.15) is 44.6 Å². The Morgan fingerprint density at radius 2 is 2.17 bits per heavy atom. The molecule has 134 valence electrons. The number of aliphatic hydroxyl groups excluding tert-OH is 1. The van der Waals surface area contributed by atoms with Gasteiger partial charge in [-0.2, -0.15) is 0 Å². The standard InChI is InChI=1S/C19H30N2O3/c1-3-24-18-10-7-11-21(14-18)19(23)20-13-17(12-15(2)22)16-8-5-4-6-9-16/h4-6,8-9,15,17-18,22H,3,7,10-14H2,1-2H3,(H,20,23). The first-order chi connectivity index (χ1) is 11.6. The number of ether oxygens (including phenoxy) is 1. The van der Waals surface area contributed by atoms with Crippen LogP contribution in [0.5, 0.6) is 0 Å². The van der Waals surface area contributed by atoms with E-state index in [0.717, 1.165) is 24.9 Å². The van der Waals surface area contributed by atoms with E-state index in [9.17, 15) is 9.90 Å². The second-order valence-corrected chi connectivity index (χ2v) is 6.54. The fraction of sp³-hybridized carbons (Fsp3) is 0.632. The highest BCUT2D eigenvalue weighted by molar-refractivity contribution is 5.74. The van der Waals surface area contributed by atoms with Crippen LogP contribution in [-0.4, -0.2) is 54.5 Å². The lowest BCUT2D eigenvalue weighted by molar-refractivity contribution is 0.0164. The van der Waals surface area contributed by atoms with Crippen LogP contribution in [0.3, 0.4) is 0 Å². The molecule has 1 heterocycles. The zero-order valence-corrected chi connectivity index (χ0v) is 14.8. The topological polar surface area (TPSA) is 61.8 Å². The first-order valence-electron chi connectivity index (χ1n) is 8.97. The van der Waals surface area contributed by atoms with Gasteiger partial charge >= 0.3 is 6.03 Å². The Hall–Kier alpha value is -1.59. The third-order valence-corrected chi connectivity index (χ3v) is 4.46. The summed E-state index contributed by atoms with van der Waals surface area (Å²) < 4.78 is 5.66. The summed E-state index contributed by atoms with van der Waals surface area (Å²) in [5.41, 5.74) is 1.14. The molecule has 24 heavy (non-hydrogen) atoms. The van der Waals surface area contributed by atoms with Crippen molar-refractivity contribution in [2.75, 3.05) is 26.2 Å². The quantitative estimate of drug-likeness (QED) is 0.806. The van der Waals surface area contributed by atoms with Crippen molar-refractivity contribution in [1.29, 1.82) is 0 Å². The van der Waals surface area contributed by atoms with E-state index in [2.05, 4.69) is 5.32 Å². The molecule has 1 aromatic rings. The van der Waals surface area contributed by atoms with Crippen molar-refractivity contribution >= 4 is 6.03 Å². The van der Waals surface area contributed by atoms with Gasteiger partial charge in [0.25, 0.3) is 0 Å². The highest BCUT2D eigenvalue weighted by atomic mass is 16.5. The van der Waals surface area contributed by atoms with Gasteiger partial charge in [0.1, 0.15) is 0 Å². The Labute approximate surface area is 145 Å². The van der Waals surface area contributed by atoms with Gasteiger partial charge in [0.15, 0.2) is 0 Å². The highest BCUT2D eigenvalue weighted by Gasteiger charge is 2.24. The Bertz CT molecular complexity index is 491. The molecule has 1 aliphatic heterocycles. The second-order valence-electron chi connectivity index (χ2n) is 6.54. The number of nitrogens with one attached hydrogen (secondary N) is 1. The summed E-state index contributed by atoms with van der Waals surface area (Å²) in [7, 11) is 0. The average Bonchev–Trinajstić information content (AvgIpc) is 2.59. The lowest BCUT2D eigenvalue weighted by Crippen LogP contribution is -2.48. The minimum atomic E-state index is -0.399. The van der Waals surface area contributed by atoms with Crippen LogP contribution in [-0.2, 0) is 4.74 Å². The number of carbonyl (C=O) groups excluding carboxylic acids is 1. The summed E-state index contributed by atoms with van der Waals surface area (Å²) in [6.07, 6.45) is 2.38. The number of amides is 2. The summed E-state index contributed by atoms with van der Waals surface area (Å²) in [6, 6.07) is 10.0. The smallest absolute Gasteiger partial charge is 0.317 e. The van der Waals surface area contributed by atoms with E-state index < -0.39 is 6.10 Å². The number of carbonyl (C=O) groups is 1. The molecular formula is C19H30N2O3. The summed E-state index contributed by atoms with van der Waals surface area (Å²) >= 11 is 0. The largest absolute Gasteiger partial charge is 0.393 e. The Kier molecular flexibility index (Phi) is 7.53. The van der Waals surface area contributed by atoms with Gasteiger partial charge in [0, 0.05) is 32.2 Å². The summed E-state index contributed by atoms with van der Waals surface area (Å²) in [6.45, 7) is 6.43. The monoisotopic (exact) mass is 334 g/mol. The van der Waals surface area contributed by atoms with Crippen LogP contribution < -0.4 is 5.32 Å². The molecule has 1 fully saturated rings. The number of urea groups is 1. The fourth-order valence-corrected chi connectivity index (χ4v) is 3.29. The van der Waals surface area contributed by atoms with Crippen molar-refractivity contribution in [2.24, 2.45) is 0 Å². The molecule has 2 rings (SSSR count). The Morgan fingerprint density at radius 3 is 2.83 bits per heavy atom. The van der Waals surface area contributed by atoms with Gasteiger partial charge < -0.3 is 20.1 Å². The number of hydrogen-bond donors (Lipinski definition) is 2. The molecule has 0 spiro atoms. The van der Waals surface area contributed by atoms with Gasteiger partial charge in [-0.1, -0.05) is 30.3 Å². The number of nitrogens with zero attached hydrogens (tertiary/aromatic N) is 1. The van der Waals surface area contributed by atoms with Crippen molar-refractivity contribution in [3.63, 3.8) is 0 Å². The number of likely N-dealkylation sites (tertiary alicyclic amines) is 1. The van der Waals surface area contributed by atoms with Crippen molar-refractivity contribution in [3.8, 4) is 0 Å². The zero-order chi connectivity index (χ0) is 17.4. The molecule has 0 bridgehead atoms. The van der Waals surface area contributed by atoms with E-state index in [1.54, 1.807) is 6.92 Å². The molecule has 5 nitrogen and oxygen atoms in total. The molecule has 0 aliphatic carbocycles. The fourth-order valence-electron chi connectivity index (χ4n) is 3.29. The molecular weight excluding hydrogens is 304 g/mol. The normalized spacial score (nSPS) is 20.5. The van der Waals surface area contributed by atoms with Gasteiger partial charge in [-0.15, -0.1) is 0 Å². The lowest BCUT2D eigenvalue weighted by atomic mass is 9.93. The first kappa shape index (κ1) is 18.7. The van der Waals surface area contributed by atoms with Gasteiger partial charge in [0.2, 0.25) is 0 Å². The summed E-state index contributed by atoms with van der Waals surface area (Å²) in [5, 5.41) is 12.8. The van der Waals surface area contributed by atoms with Crippen LogP contribution in [0.15, 0.2) is 30.3 Å². The molecule has 2 N–H and O–H groups in total. The van der Waals surface area contributed by atoms with Gasteiger partial charge in [-0.25, -0.2) is 4.79 Å². The third kappa shape index (κ3) is 5.80. The molecule has 5 heteroatoms. The van der Waals surface area contributed by atoms with E-state index in [1.807, 2.05) is 42.2 Å². The van der Waals surface area contributed by atoms with Crippen molar-refractivity contribution < 1.29 is 14.6 Å². The van der Waals surface area contributed by atoms with Crippen LogP contribution in [0.4, 0.5) is 4.79 Å². The number of piperidine rings is 1. The highest BCUT2D eigenvalue weighted by Crippen LogP contribution is 2.21. The summed E-state index contributed by atoms with van der Waals surface area (Å²) in [5.74, 6) is 0.114. The molecule has 3 unspecified atom stereocenters. The maximum absolute atomic E-state index is 12.5. The minimum Gasteiger partial charge on any atom is -0.393 e. The lowest BCUT2D eigenvalue weighted by Gasteiger charge is -2.33. The Balaban J connectivity index is 1.89. The van der Waals surface area contributed by atoms with Crippen molar-refractivity contribution in [1.82, 2.24) is 10.2 Å². The summed E-state index contributed by atoms with van der Waals surface area (Å²) in [4.78, 5) is 14.3. The maximum atomic E-state index is 12.5. The Morgan fingerprint density at radius 1 is 1.42 bits per heavy atom. The van der Waals surface area contributed by atoms with E-state index in [-0.39, 0.29) is 18.1 Å². The van der Waals surface area contributed by atoms with Crippen LogP contribution in [0, 0.1) is 0 Å². The average molecular weight is 334 g/mol. The zero-order valence-electron chi connectivity index (χ0n) is 14.8. The predicted octanol–water partition coefficient (Wildman–Crippen LogP) is 2.75. The molecule has 1 saturated heterocycles. The van der Waals surface area contributed by atoms with Gasteiger partial charge in [-0.3, -0.25) is 0 Å². The van der Waals surface area contributed by atoms with Crippen LogP contribution in [0.2, 0.25) is 0 Å². The van der Waals surface area contributed by atoms with Gasteiger partial charge in [-0.05, 0) is 38.7 Å². The SMILES string of the molecule is CCOC1CCCN(C(=O)NCC(CC(C)O)c2ccccc2)C1. The first-order valence-corrected chi connectivity index (χ1v) is 8.97. The molecule has 1 aliphatic rings. The predicted molar refractivity (Wildman–Crippen MR) is 95.1 cm³/mol. The molecule has 1 aromatic carbocycles. The number of rotatable bonds is 7. The van der Waals surface area contributed by atoms with E-state index in [4.69, 9.17) is 4.74 Å². The van der Waals surface area contributed by atoms with E-state index in [1.165, 1.54) is 0 Å². The molecule has 2 amide bonds. The van der Waals surface area contributed by atoms with Crippen molar-refractivity contribution in [2.45, 2.75) is 51.2 Å². The molecule has 3 atom stereocenters. The molecule has 0 aromatic heterocycles. The minimum absolute atomic E-state index is 0.0362. The third-order valence-electron chi connectivity index (χ3n) is 4.46. The maximum Gasteiger partial charge on any atom is 0.317 e. The number of aliphatic hydroxyl groups is 1. The number of benzene rings is 1. The van der Waals surface area contributed by atoms with E-state index in [0.29, 0.717) is 26.1 Å². The van der Waals surface area contributed by atoms with E-state index >= 15 is 0 Å². The second kappa shape index (κ2) is 9.64. The van der Waals surface area contributed by atoms with Crippen LogP contribution in [0.25, 0.3) is 0 Å².